The lowest BCUT2D eigenvalue weighted by molar-refractivity contribution is 0.434. The van der Waals surface area contributed by atoms with Gasteiger partial charge in [0.2, 0.25) is 0 Å². The van der Waals surface area contributed by atoms with Crippen LogP contribution in [0.25, 0.3) is 0 Å². The highest BCUT2D eigenvalue weighted by Gasteiger charge is 2.05. The Labute approximate surface area is 67.4 Å². The Hall–Kier alpha value is -0.760. The molecule has 1 aromatic rings. The van der Waals surface area contributed by atoms with Gasteiger partial charge in [-0.15, -0.1) is 0 Å². The predicted molar refractivity (Wildman–Crippen MR) is 45.2 cm³/mol. The Morgan fingerprint density at radius 1 is 1.64 bits per heavy atom. The Morgan fingerprint density at radius 3 is 2.91 bits per heavy atom. The van der Waals surface area contributed by atoms with Gasteiger partial charge in [0.1, 0.15) is 5.76 Å². The van der Waals surface area contributed by atoms with Crippen molar-refractivity contribution in [1.29, 1.82) is 0 Å². The molecular weight excluding hydrogens is 138 g/mol. The molecule has 2 N–H and O–H groups in total. The summed E-state index contributed by atoms with van der Waals surface area (Å²) in [7, 11) is 0. The molecule has 1 rings (SSSR count). The molecule has 0 fully saturated rings. The molecule has 11 heavy (non-hydrogen) atoms. The van der Waals surface area contributed by atoms with E-state index in [2.05, 4.69) is 6.92 Å². The van der Waals surface area contributed by atoms with Crippen molar-refractivity contribution in [1.82, 2.24) is 0 Å². The van der Waals surface area contributed by atoms with Gasteiger partial charge in [0.15, 0.2) is 0 Å². The van der Waals surface area contributed by atoms with Crippen molar-refractivity contribution >= 4 is 0 Å². The van der Waals surface area contributed by atoms with Crippen molar-refractivity contribution in [2.24, 2.45) is 11.7 Å². The summed E-state index contributed by atoms with van der Waals surface area (Å²) in [4.78, 5) is 0. The average Bonchev–Trinajstić information content (AvgIpc) is 2.52. The lowest BCUT2D eigenvalue weighted by Gasteiger charge is -2.08. The van der Waals surface area contributed by atoms with Crippen LogP contribution in [0, 0.1) is 5.92 Å². The van der Waals surface area contributed by atoms with Crippen LogP contribution < -0.4 is 5.73 Å². The van der Waals surface area contributed by atoms with Crippen molar-refractivity contribution < 1.29 is 4.42 Å². The summed E-state index contributed by atoms with van der Waals surface area (Å²) >= 11 is 0. The fraction of sp³-hybridized carbons (Fsp3) is 0.556. The summed E-state index contributed by atoms with van der Waals surface area (Å²) in [6, 6.07) is 3.91. The second kappa shape index (κ2) is 4.19. The van der Waals surface area contributed by atoms with Crippen LogP contribution in [0.1, 0.15) is 19.1 Å². The van der Waals surface area contributed by atoms with E-state index in [0.29, 0.717) is 5.92 Å². The third-order valence-corrected chi connectivity index (χ3v) is 1.98. The average molecular weight is 153 g/mol. The van der Waals surface area contributed by atoms with E-state index in [1.54, 1.807) is 6.26 Å². The van der Waals surface area contributed by atoms with E-state index in [9.17, 15) is 0 Å². The van der Waals surface area contributed by atoms with Crippen LogP contribution in [0.5, 0.6) is 0 Å². The lowest BCUT2D eigenvalue weighted by atomic mass is 10.0. The van der Waals surface area contributed by atoms with E-state index < -0.39 is 0 Å². The third-order valence-electron chi connectivity index (χ3n) is 1.98. The first-order chi connectivity index (χ1) is 5.36. The predicted octanol–water partition coefficient (Wildman–Crippen LogP) is 1.81. The molecule has 2 heteroatoms. The first kappa shape index (κ1) is 8.34. The zero-order valence-corrected chi connectivity index (χ0v) is 6.92. The molecule has 2 nitrogen and oxygen atoms in total. The van der Waals surface area contributed by atoms with Gasteiger partial charge in [-0.25, -0.2) is 0 Å². The van der Waals surface area contributed by atoms with Crippen LogP contribution in [-0.2, 0) is 6.42 Å². The smallest absolute Gasteiger partial charge is 0.104 e. The highest BCUT2D eigenvalue weighted by Crippen LogP contribution is 2.10. The SMILES string of the molecule is CCC(CN)Cc1ccco1. The standard InChI is InChI=1S/C9H15NO/c1-2-8(7-10)6-9-4-3-5-11-9/h3-5,8H,2,6-7,10H2,1H3. The van der Waals surface area contributed by atoms with Crippen LogP contribution >= 0.6 is 0 Å². The molecule has 0 radical (unpaired) electrons. The minimum absolute atomic E-state index is 0.571. The quantitative estimate of drug-likeness (QED) is 0.716. The molecule has 0 saturated carbocycles. The molecule has 1 unspecified atom stereocenters. The van der Waals surface area contributed by atoms with E-state index in [-0.39, 0.29) is 0 Å². The van der Waals surface area contributed by atoms with Crippen LogP contribution in [0.4, 0.5) is 0 Å². The molecule has 0 aromatic carbocycles. The summed E-state index contributed by atoms with van der Waals surface area (Å²) < 4.78 is 5.21. The summed E-state index contributed by atoms with van der Waals surface area (Å²) in [6.45, 7) is 2.90. The van der Waals surface area contributed by atoms with Gasteiger partial charge in [0, 0.05) is 6.42 Å². The summed E-state index contributed by atoms with van der Waals surface area (Å²) in [5.74, 6) is 1.61. The van der Waals surface area contributed by atoms with Gasteiger partial charge in [0.05, 0.1) is 6.26 Å². The molecule has 0 saturated heterocycles. The van der Waals surface area contributed by atoms with E-state index in [0.717, 1.165) is 25.1 Å². The number of furan rings is 1. The van der Waals surface area contributed by atoms with Gasteiger partial charge in [-0.2, -0.15) is 0 Å². The molecule has 1 aromatic heterocycles. The molecule has 0 aliphatic carbocycles. The first-order valence-electron chi connectivity index (χ1n) is 4.09. The monoisotopic (exact) mass is 153 g/mol. The van der Waals surface area contributed by atoms with E-state index >= 15 is 0 Å². The number of nitrogens with two attached hydrogens (primary N) is 1. The Morgan fingerprint density at radius 2 is 2.45 bits per heavy atom. The van der Waals surface area contributed by atoms with Crippen molar-refractivity contribution in [3.63, 3.8) is 0 Å². The summed E-state index contributed by atoms with van der Waals surface area (Å²) in [6.07, 6.45) is 3.80. The highest BCUT2D eigenvalue weighted by atomic mass is 16.3. The van der Waals surface area contributed by atoms with Gasteiger partial charge >= 0.3 is 0 Å². The molecule has 1 heterocycles. The first-order valence-corrected chi connectivity index (χ1v) is 4.09. The molecule has 1 atom stereocenters. The summed E-state index contributed by atoms with van der Waals surface area (Å²) in [5, 5.41) is 0. The number of hydrogen-bond acceptors (Lipinski definition) is 2. The fourth-order valence-electron chi connectivity index (χ4n) is 1.11. The van der Waals surface area contributed by atoms with Crippen LogP contribution in [-0.4, -0.2) is 6.54 Å². The van der Waals surface area contributed by atoms with Gasteiger partial charge in [-0.1, -0.05) is 13.3 Å². The second-order valence-electron chi connectivity index (χ2n) is 2.79. The molecule has 0 aliphatic heterocycles. The minimum atomic E-state index is 0.571. The normalized spacial score (nSPS) is 13.3. The molecule has 0 aliphatic rings. The van der Waals surface area contributed by atoms with Crippen LogP contribution in [0.3, 0.4) is 0 Å². The maximum Gasteiger partial charge on any atom is 0.104 e. The second-order valence-corrected chi connectivity index (χ2v) is 2.79. The number of hydrogen-bond donors (Lipinski definition) is 1. The maximum absolute atomic E-state index is 5.56. The Kier molecular flexibility index (Phi) is 3.17. The van der Waals surface area contributed by atoms with Crippen molar-refractivity contribution in [3.05, 3.63) is 24.2 Å². The fourth-order valence-corrected chi connectivity index (χ4v) is 1.11. The van der Waals surface area contributed by atoms with Crippen molar-refractivity contribution in [2.45, 2.75) is 19.8 Å². The van der Waals surface area contributed by atoms with Gasteiger partial charge in [0.25, 0.3) is 0 Å². The largest absolute Gasteiger partial charge is 0.469 e. The van der Waals surface area contributed by atoms with Gasteiger partial charge < -0.3 is 10.2 Å². The molecule has 62 valence electrons. The van der Waals surface area contributed by atoms with E-state index in [1.165, 1.54) is 0 Å². The van der Waals surface area contributed by atoms with Crippen molar-refractivity contribution in [3.8, 4) is 0 Å². The zero-order valence-electron chi connectivity index (χ0n) is 6.92. The molecular formula is C9H15NO. The topological polar surface area (TPSA) is 39.2 Å². The van der Waals surface area contributed by atoms with Crippen molar-refractivity contribution in [2.75, 3.05) is 6.54 Å². The molecule has 0 bridgehead atoms. The van der Waals surface area contributed by atoms with Crippen LogP contribution in [0.15, 0.2) is 22.8 Å². The molecule has 0 amide bonds. The summed E-state index contributed by atoms with van der Waals surface area (Å²) in [5.41, 5.74) is 5.56. The maximum atomic E-state index is 5.56. The third kappa shape index (κ3) is 2.39. The lowest BCUT2D eigenvalue weighted by Crippen LogP contribution is -2.15. The van der Waals surface area contributed by atoms with Gasteiger partial charge in [-0.3, -0.25) is 0 Å². The van der Waals surface area contributed by atoms with E-state index in [4.69, 9.17) is 10.2 Å². The Bertz CT molecular complexity index is 177. The van der Waals surface area contributed by atoms with E-state index in [1.807, 2.05) is 12.1 Å². The minimum Gasteiger partial charge on any atom is -0.469 e. The molecule has 0 spiro atoms. The Balaban J connectivity index is 2.41. The highest BCUT2D eigenvalue weighted by molar-refractivity contribution is 4.99. The van der Waals surface area contributed by atoms with Gasteiger partial charge in [-0.05, 0) is 24.6 Å². The number of rotatable bonds is 4. The zero-order chi connectivity index (χ0) is 8.10. The van der Waals surface area contributed by atoms with Crippen LogP contribution in [0.2, 0.25) is 0 Å².